The standard InChI is InChI=1S/C29H23N3O5/c1-16-6-9-19(10-7-16)32-28(34)23-24(29(32)35)26(31-13-12-17-4-2-3-5-20(17)25(23)31)27(33)30-18-8-11-21-22(14-18)37-15-36-21/h2-14,23-26H,15H2,1H3,(H,30,33)/t23-,24+,25?,26-/m0/s1. The average molecular weight is 494 g/mol. The highest BCUT2D eigenvalue weighted by atomic mass is 16.7. The molecule has 3 amide bonds. The highest BCUT2D eigenvalue weighted by Crippen LogP contribution is 2.53. The second-order valence-corrected chi connectivity index (χ2v) is 9.74. The number of aryl methyl sites for hydroxylation is 1. The molecule has 0 spiro atoms. The molecule has 3 aromatic rings. The maximum absolute atomic E-state index is 13.9. The van der Waals surface area contributed by atoms with Gasteiger partial charge in [-0.2, -0.15) is 0 Å². The second kappa shape index (κ2) is 7.96. The van der Waals surface area contributed by atoms with Gasteiger partial charge < -0.3 is 19.7 Å². The van der Waals surface area contributed by atoms with Crippen LogP contribution in [0, 0.1) is 18.8 Å². The van der Waals surface area contributed by atoms with E-state index in [1.165, 1.54) is 4.90 Å². The van der Waals surface area contributed by atoms with E-state index in [9.17, 15) is 14.4 Å². The lowest BCUT2D eigenvalue weighted by molar-refractivity contribution is -0.128. The Kier molecular flexibility index (Phi) is 4.66. The number of benzene rings is 3. The molecule has 1 N–H and O–H groups in total. The molecule has 4 aliphatic rings. The SMILES string of the molecule is Cc1ccc(N2C(=O)[C@@H]3[C@H](C2=O)C2c4ccccc4C=CN2[C@@H]3C(=O)Nc2ccc3c(c2)OCO3)cc1. The molecule has 7 rings (SSSR count). The quantitative estimate of drug-likeness (QED) is 0.558. The Morgan fingerprint density at radius 1 is 0.919 bits per heavy atom. The van der Waals surface area contributed by atoms with Crippen molar-refractivity contribution in [3.63, 3.8) is 0 Å². The maximum atomic E-state index is 13.9. The Morgan fingerprint density at radius 2 is 1.68 bits per heavy atom. The molecule has 0 aromatic heterocycles. The van der Waals surface area contributed by atoms with Gasteiger partial charge in [-0.25, -0.2) is 4.90 Å². The van der Waals surface area contributed by atoms with Crippen molar-refractivity contribution in [2.45, 2.75) is 19.0 Å². The summed E-state index contributed by atoms with van der Waals surface area (Å²) in [6, 6.07) is 19.0. The molecule has 0 saturated carbocycles. The van der Waals surface area contributed by atoms with E-state index in [2.05, 4.69) is 5.32 Å². The summed E-state index contributed by atoms with van der Waals surface area (Å²) in [7, 11) is 0. The van der Waals surface area contributed by atoms with Gasteiger partial charge in [-0.05, 0) is 48.4 Å². The normalized spacial score (nSPS) is 24.7. The number of carbonyl (C=O) groups is 3. The fraction of sp³-hybridized carbons (Fsp3) is 0.207. The predicted molar refractivity (Wildman–Crippen MR) is 136 cm³/mol. The summed E-state index contributed by atoms with van der Waals surface area (Å²) >= 11 is 0. The minimum atomic E-state index is -0.864. The zero-order valence-corrected chi connectivity index (χ0v) is 20.0. The Balaban J connectivity index is 1.29. The molecule has 2 saturated heterocycles. The van der Waals surface area contributed by atoms with E-state index in [0.29, 0.717) is 22.9 Å². The van der Waals surface area contributed by atoms with Crippen LogP contribution in [0.4, 0.5) is 11.4 Å². The van der Waals surface area contributed by atoms with E-state index in [1.54, 1.807) is 30.3 Å². The molecule has 4 atom stereocenters. The molecule has 0 radical (unpaired) electrons. The van der Waals surface area contributed by atoms with Crippen molar-refractivity contribution in [3.8, 4) is 11.5 Å². The van der Waals surface area contributed by atoms with Crippen molar-refractivity contribution in [2.24, 2.45) is 11.8 Å². The van der Waals surface area contributed by atoms with Crippen LogP contribution >= 0.6 is 0 Å². The van der Waals surface area contributed by atoms with Crippen molar-refractivity contribution < 1.29 is 23.9 Å². The number of imide groups is 1. The van der Waals surface area contributed by atoms with Gasteiger partial charge in [0.2, 0.25) is 24.5 Å². The Labute approximate surface area is 213 Å². The number of carbonyl (C=O) groups excluding carboxylic acids is 3. The Bertz CT molecular complexity index is 1500. The van der Waals surface area contributed by atoms with E-state index in [1.807, 2.05) is 60.5 Å². The van der Waals surface area contributed by atoms with Crippen LogP contribution in [0.2, 0.25) is 0 Å². The fourth-order valence-electron chi connectivity index (χ4n) is 6.00. The van der Waals surface area contributed by atoms with Gasteiger partial charge in [-0.15, -0.1) is 0 Å². The third-order valence-corrected chi connectivity index (χ3v) is 7.66. The Morgan fingerprint density at radius 3 is 2.51 bits per heavy atom. The predicted octanol–water partition coefficient (Wildman–Crippen LogP) is 3.88. The molecule has 4 aliphatic heterocycles. The molecule has 8 nitrogen and oxygen atoms in total. The van der Waals surface area contributed by atoms with Crippen LogP contribution in [0.15, 0.2) is 72.9 Å². The van der Waals surface area contributed by atoms with Gasteiger partial charge in [0.25, 0.3) is 0 Å². The molecule has 184 valence electrons. The molecule has 1 unspecified atom stereocenters. The molecular formula is C29H23N3O5. The third-order valence-electron chi connectivity index (χ3n) is 7.66. The molecule has 37 heavy (non-hydrogen) atoms. The number of anilines is 2. The number of fused-ring (bicyclic) bond motifs is 6. The summed E-state index contributed by atoms with van der Waals surface area (Å²) in [5.74, 6) is -1.35. The van der Waals surface area contributed by atoms with Crippen LogP contribution in [-0.2, 0) is 14.4 Å². The minimum absolute atomic E-state index is 0.129. The van der Waals surface area contributed by atoms with Crippen LogP contribution < -0.4 is 19.7 Å². The number of nitrogens with one attached hydrogen (secondary N) is 1. The van der Waals surface area contributed by atoms with Gasteiger partial charge in [0, 0.05) is 18.0 Å². The number of amides is 3. The van der Waals surface area contributed by atoms with Gasteiger partial charge in [-0.1, -0.05) is 42.0 Å². The molecule has 4 heterocycles. The van der Waals surface area contributed by atoms with Gasteiger partial charge in [0.15, 0.2) is 11.5 Å². The molecule has 8 heteroatoms. The third kappa shape index (κ3) is 3.18. The van der Waals surface area contributed by atoms with Gasteiger partial charge >= 0.3 is 0 Å². The first kappa shape index (κ1) is 21.7. The lowest BCUT2D eigenvalue weighted by Gasteiger charge is -2.35. The summed E-state index contributed by atoms with van der Waals surface area (Å²) in [5, 5.41) is 2.95. The van der Waals surface area contributed by atoms with Crippen LogP contribution in [0.5, 0.6) is 11.5 Å². The number of hydrogen-bond acceptors (Lipinski definition) is 6. The van der Waals surface area contributed by atoms with E-state index >= 15 is 0 Å². The van der Waals surface area contributed by atoms with Crippen LogP contribution in [0.3, 0.4) is 0 Å². The fourth-order valence-corrected chi connectivity index (χ4v) is 6.00. The topological polar surface area (TPSA) is 88.2 Å². The summed E-state index contributed by atoms with van der Waals surface area (Å²) in [6.07, 6.45) is 3.77. The van der Waals surface area contributed by atoms with Crippen LogP contribution in [0.1, 0.15) is 22.7 Å². The van der Waals surface area contributed by atoms with E-state index in [-0.39, 0.29) is 24.5 Å². The monoisotopic (exact) mass is 493 g/mol. The maximum Gasteiger partial charge on any atom is 0.247 e. The first-order valence-corrected chi connectivity index (χ1v) is 12.2. The van der Waals surface area contributed by atoms with Crippen molar-refractivity contribution in [1.29, 1.82) is 0 Å². The van der Waals surface area contributed by atoms with Crippen molar-refractivity contribution in [2.75, 3.05) is 17.0 Å². The van der Waals surface area contributed by atoms with E-state index in [0.717, 1.165) is 16.7 Å². The molecule has 0 aliphatic carbocycles. The lowest BCUT2D eigenvalue weighted by atomic mass is 9.84. The Hall–Kier alpha value is -4.59. The highest BCUT2D eigenvalue weighted by molar-refractivity contribution is 6.24. The first-order chi connectivity index (χ1) is 18.0. The van der Waals surface area contributed by atoms with Gasteiger partial charge in [-0.3, -0.25) is 14.4 Å². The number of rotatable bonds is 3. The molecule has 0 bridgehead atoms. The van der Waals surface area contributed by atoms with E-state index in [4.69, 9.17) is 9.47 Å². The highest BCUT2D eigenvalue weighted by Gasteiger charge is 2.64. The lowest BCUT2D eigenvalue weighted by Crippen LogP contribution is -2.46. The minimum Gasteiger partial charge on any atom is -0.454 e. The van der Waals surface area contributed by atoms with Crippen molar-refractivity contribution in [1.82, 2.24) is 4.90 Å². The van der Waals surface area contributed by atoms with Crippen molar-refractivity contribution >= 4 is 35.2 Å². The number of ether oxygens (including phenoxy) is 2. The van der Waals surface area contributed by atoms with Gasteiger partial charge in [0.05, 0.1) is 23.6 Å². The van der Waals surface area contributed by atoms with Crippen LogP contribution in [-0.4, -0.2) is 35.5 Å². The number of nitrogens with zero attached hydrogens (tertiary/aromatic N) is 2. The smallest absolute Gasteiger partial charge is 0.247 e. The first-order valence-electron chi connectivity index (χ1n) is 12.2. The second-order valence-electron chi connectivity index (χ2n) is 9.74. The largest absolute Gasteiger partial charge is 0.454 e. The zero-order valence-electron chi connectivity index (χ0n) is 20.0. The molecular weight excluding hydrogens is 470 g/mol. The summed E-state index contributed by atoms with van der Waals surface area (Å²) in [6.45, 7) is 2.08. The van der Waals surface area contributed by atoms with Gasteiger partial charge in [0.1, 0.15) is 6.04 Å². The number of hydrogen-bond donors (Lipinski definition) is 1. The van der Waals surface area contributed by atoms with E-state index < -0.39 is 23.9 Å². The molecule has 2 fully saturated rings. The zero-order chi connectivity index (χ0) is 25.3. The molecule has 3 aromatic carbocycles. The van der Waals surface area contributed by atoms with Crippen LogP contribution in [0.25, 0.3) is 6.08 Å². The summed E-state index contributed by atoms with van der Waals surface area (Å²) in [5.41, 5.74) is 4.00. The summed E-state index contributed by atoms with van der Waals surface area (Å²) < 4.78 is 10.8. The average Bonchev–Trinajstić information content (AvgIpc) is 3.58. The summed E-state index contributed by atoms with van der Waals surface area (Å²) in [4.78, 5) is 44.7. The van der Waals surface area contributed by atoms with Crippen molar-refractivity contribution in [3.05, 3.63) is 89.6 Å².